The molecular formula is C27H21FN2O5S. The maximum Gasteiger partial charge on any atom is 0.301 e. The van der Waals surface area contributed by atoms with E-state index in [1.807, 2.05) is 13.0 Å². The highest BCUT2D eigenvalue weighted by Gasteiger charge is 2.48. The average Bonchev–Trinajstić information content (AvgIpc) is 3.42. The predicted molar refractivity (Wildman–Crippen MR) is 135 cm³/mol. The van der Waals surface area contributed by atoms with Gasteiger partial charge in [-0.15, -0.1) is 0 Å². The third-order valence-electron chi connectivity index (χ3n) is 5.86. The van der Waals surface area contributed by atoms with E-state index in [0.29, 0.717) is 34.7 Å². The first-order valence-electron chi connectivity index (χ1n) is 11.2. The van der Waals surface area contributed by atoms with Gasteiger partial charge in [0, 0.05) is 5.56 Å². The minimum absolute atomic E-state index is 0.106. The Labute approximate surface area is 210 Å². The summed E-state index contributed by atoms with van der Waals surface area (Å²) in [5.41, 5.74) is 1.32. The molecule has 1 N–H and O–H groups in total. The number of aliphatic hydroxyl groups excluding tert-OH is 1. The van der Waals surface area contributed by atoms with Crippen molar-refractivity contribution in [3.05, 3.63) is 89.2 Å². The van der Waals surface area contributed by atoms with E-state index in [9.17, 15) is 19.1 Å². The third-order valence-corrected chi connectivity index (χ3v) is 6.88. The molecule has 182 valence electrons. The van der Waals surface area contributed by atoms with Crippen molar-refractivity contribution in [2.45, 2.75) is 13.0 Å². The highest BCUT2D eigenvalue weighted by atomic mass is 32.1. The standard InChI is InChI=1S/C27H21FN2O5S/c1-3-35-19-12-13-20-21(14-19)36-27(29-20)30-23(15-4-8-17(28)9-5-15)22(25(32)26(30)33)24(31)16-6-10-18(34-2)11-7-16/h4-14,23,31H,3H2,1-2H3/t23-/m0/s1. The summed E-state index contributed by atoms with van der Waals surface area (Å²) in [6.07, 6.45) is 0. The predicted octanol–water partition coefficient (Wildman–Crippen LogP) is 5.47. The van der Waals surface area contributed by atoms with Crippen LogP contribution in [-0.4, -0.2) is 35.5 Å². The number of fused-ring (bicyclic) bond motifs is 1. The largest absolute Gasteiger partial charge is 0.507 e. The van der Waals surface area contributed by atoms with Crippen LogP contribution in [0, 0.1) is 5.82 Å². The number of nitrogens with zero attached hydrogens (tertiary/aromatic N) is 2. The van der Waals surface area contributed by atoms with Crippen LogP contribution in [0.15, 0.2) is 72.3 Å². The smallest absolute Gasteiger partial charge is 0.301 e. The van der Waals surface area contributed by atoms with Crippen molar-refractivity contribution in [3.63, 3.8) is 0 Å². The Morgan fingerprint density at radius 1 is 1.06 bits per heavy atom. The minimum Gasteiger partial charge on any atom is -0.507 e. The zero-order valence-corrected chi connectivity index (χ0v) is 20.2. The number of ether oxygens (including phenoxy) is 2. The van der Waals surface area contributed by atoms with Crippen molar-refractivity contribution in [3.8, 4) is 11.5 Å². The SMILES string of the molecule is CCOc1ccc2nc(N3C(=O)C(=O)C(=C(O)c4ccc(OC)cc4)[C@@H]3c3ccc(F)cc3)sc2c1. The monoisotopic (exact) mass is 504 g/mol. The van der Waals surface area contributed by atoms with E-state index >= 15 is 0 Å². The maximum absolute atomic E-state index is 13.7. The fourth-order valence-electron chi connectivity index (χ4n) is 4.15. The normalized spacial score (nSPS) is 17.1. The molecule has 4 aromatic rings. The summed E-state index contributed by atoms with van der Waals surface area (Å²) in [7, 11) is 1.52. The third kappa shape index (κ3) is 4.07. The number of rotatable bonds is 6. The molecule has 1 aliphatic rings. The maximum atomic E-state index is 13.7. The summed E-state index contributed by atoms with van der Waals surface area (Å²) in [5, 5.41) is 11.5. The summed E-state index contributed by atoms with van der Waals surface area (Å²) in [6.45, 7) is 2.38. The Bertz CT molecular complexity index is 1500. The second kappa shape index (κ2) is 9.43. The number of hydrogen-bond acceptors (Lipinski definition) is 7. The first-order valence-corrected chi connectivity index (χ1v) is 12.0. The lowest BCUT2D eigenvalue weighted by molar-refractivity contribution is -0.132. The number of Topliss-reactive ketones (excluding diaryl/α,β-unsaturated/α-hetero) is 1. The van der Waals surface area contributed by atoms with Gasteiger partial charge in [-0.3, -0.25) is 14.5 Å². The van der Waals surface area contributed by atoms with Crippen LogP contribution in [0.5, 0.6) is 11.5 Å². The lowest BCUT2D eigenvalue weighted by Gasteiger charge is -2.23. The molecule has 7 nitrogen and oxygen atoms in total. The molecular weight excluding hydrogens is 483 g/mol. The quantitative estimate of drug-likeness (QED) is 0.213. The molecule has 1 aromatic heterocycles. The van der Waals surface area contributed by atoms with E-state index in [1.54, 1.807) is 36.4 Å². The highest BCUT2D eigenvalue weighted by Crippen LogP contribution is 2.44. The van der Waals surface area contributed by atoms with Gasteiger partial charge in [0.2, 0.25) is 0 Å². The number of hydrogen-bond donors (Lipinski definition) is 1. The number of thiazole rings is 1. The van der Waals surface area contributed by atoms with Crippen molar-refractivity contribution < 1.29 is 28.6 Å². The Hall–Kier alpha value is -4.24. The Morgan fingerprint density at radius 3 is 2.42 bits per heavy atom. The second-order valence-electron chi connectivity index (χ2n) is 8.01. The van der Waals surface area contributed by atoms with Crippen LogP contribution in [0.1, 0.15) is 24.1 Å². The number of amides is 1. The van der Waals surface area contributed by atoms with Crippen LogP contribution < -0.4 is 14.4 Å². The molecule has 1 saturated heterocycles. The van der Waals surface area contributed by atoms with Gasteiger partial charge in [0.1, 0.15) is 23.1 Å². The van der Waals surface area contributed by atoms with E-state index in [0.717, 1.165) is 4.70 Å². The number of carbonyl (C=O) groups excluding carboxylic acids is 2. The van der Waals surface area contributed by atoms with Crippen molar-refractivity contribution in [2.75, 3.05) is 18.6 Å². The van der Waals surface area contributed by atoms with Gasteiger partial charge < -0.3 is 14.6 Å². The summed E-state index contributed by atoms with van der Waals surface area (Å²) in [4.78, 5) is 32.5. The molecule has 1 fully saturated rings. The number of anilines is 1. The van der Waals surface area contributed by atoms with E-state index in [-0.39, 0.29) is 16.5 Å². The molecule has 0 aliphatic carbocycles. The first-order chi connectivity index (χ1) is 17.4. The van der Waals surface area contributed by atoms with E-state index in [4.69, 9.17) is 9.47 Å². The van der Waals surface area contributed by atoms with Gasteiger partial charge in [-0.25, -0.2) is 9.37 Å². The lowest BCUT2D eigenvalue weighted by Crippen LogP contribution is -2.29. The fraction of sp³-hybridized carbons (Fsp3) is 0.148. The molecule has 1 atom stereocenters. The first kappa shape index (κ1) is 23.5. The van der Waals surface area contributed by atoms with Gasteiger partial charge in [-0.05, 0) is 67.1 Å². The van der Waals surface area contributed by atoms with Gasteiger partial charge in [0.25, 0.3) is 5.78 Å². The number of ketones is 1. The average molecular weight is 505 g/mol. The number of methoxy groups -OCH3 is 1. The van der Waals surface area contributed by atoms with Gasteiger partial charge >= 0.3 is 5.91 Å². The molecule has 1 amide bonds. The molecule has 0 unspecified atom stereocenters. The minimum atomic E-state index is -1.00. The van der Waals surface area contributed by atoms with Gasteiger partial charge in [0.05, 0.1) is 35.5 Å². The van der Waals surface area contributed by atoms with Crippen LogP contribution in [0.4, 0.5) is 9.52 Å². The van der Waals surface area contributed by atoms with Crippen LogP contribution >= 0.6 is 11.3 Å². The van der Waals surface area contributed by atoms with E-state index in [1.165, 1.54) is 47.6 Å². The van der Waals surface area contributed by atoms with Crippen molar-refractivity contribution in [1.82, 2.24) is 4.98 Å². The number of aromatic nitrogens is 1. The van der Waals surface area contributed by atoms with Gasteiger partial charge in [-0.1, -0.05) is 23.5 Å². The molecule has 9 heteroatoms. The van der Waals surface area contributed by atoms with Gasteiger partial charge in [0.15, 0.2) is 5.13 Å². The lowest BCUT2D eigenvalue weighted by atomic mass is 9.95. The Kier molecular flexibility index (Phi) is 6.15. The second-order valence-corrected chi connectivity index (χ2v) is 9.02. The van der Waals surface area contributed by atoms with E-state index in [2.05, 4.69) is 4.98 Å². The number of carbonyl (C=O) groups is 2. The summed E-state index contributed by atoms with van der Waals surface area (Å²) >= 11 is 1.22. The number of halogens is 1. The van der Waals surface area contributed by atoms with Crippen LogP contribution in [0.25, 0.3) is 16.0 Å². The summed E-state index contributed by atoms with van der Waals surface area (Å²) < 4.78 is 25.2. The molecule has 0 saturated carbocycles. The van der Waals surface area contributed by atoms with Crippen LogP contribution in [0.3, 0.4) is 0 Å². The molecule has 36 heavy (non-hydrogen) atoms. The molecule has 0 radical (unpaired) electrons. The van der Waals surface area contributed by atoms with Gasteiger partial charge in [-0.2, -0.15) is 0 Å². The van der Waals surface area contributed by atoms with Crippen molar-refractivity contribution >= 4 is 44.1 Å². The van der Waals surface area contributed by atoms with Crippen LogP contribution in [-0.2, 0) is 9.59 Å². The Morgan fingerprint density at radius 2 is 1.75 bits per heavy atom. The molecule has 3 aromatic carbocycles. The fourth-order valence-corrected chi connectivity index (χ4v) is 5.17. The van der Waals surface area contributed by atoms with Crippen molar-refractivity contribution in [1.29, 1.82) is 0 Å². The number of aliphatic hydroxyl groups is 1. The molecule has 0 spiro atoms. The zero-order valence-electron chi connectivity index (χ0n) is 19.4. The molecule has 0 bridgehead atoms. The number of benzene rings is 3. The Balaban J connectivity index is 1.67. The topological polar surface area (TPSA) is 89.0 Å². The van der Waals surface area contributed by atoms with Crippen LogP contribution in [0.2, 0.25) is 0 Å². The molecule has 5 rings (SSSR count). The molecule has 1 aliphatic heterocycles. The summed E-state index contributed by atoms with van der Waals surface area (Å²) in [6, 6.07) is 16.3. The van der Waals surface area contributed by atoms with E-state index < -0.39 is 23.5 Å². The highest BCUT2D eigenvalue weighted by molar-refractivity contribution is 7.22. The molecule has 2 heterocycles. The van der Waals surface area contributed by atoms with Crippen molar-refractivity contribution in [2.24, 2.45) is 0 Å². The zero-order chi connectivity index (χ0) is 25.4. The summed E-state index contributed by atoms with van der Waals surface area (Å²) in [5.74, 6) is -1.25.